The van der Waals surface area contributed by atoms with Crippen LogP contribution >= 0.6 is 11.8 Å². The fourth-order valence-corrected chi connectivity index (χ4v) is 4.20. The minimum atomic E-state index is -0.163. The van der Waals surface area contributed by atoms with Gasteiger partial charge in [-0.25, -0.2) is 0 Å². The molecule has 1 aliphatic rings. The van der Waals surface area contributed by atoms with Gasteiger partial charge in [-0.1, -0.05) is 53.3 Å². The van der Waals surface area contributed by atoms with Crippen LogP contribution in [0.25, 0.3) is 6.08 Å². The molecule has 0 radical (unpaired) electrons. The smallest absolute Gasteiger partial charge is 0.237 e. The highest BCUT2D eigenvalue weighted by Gasteiger charge is 2.28. The van der Waals surface area contributed by atoms with E-state index in [1.807, 2.05) is 11.9 Å². The second-order valence-corrected chi connectivity index (χ2v) is 10.2. The number of carbonyl (C=O) groups excluding carboxylic acids is 1. The number of carbonyl (C=O) groups is 1. The molecule has 1 heterocycles. The van der Waals surface area contributed by atoms with Crippen LogP contribution in [0.4, 0.5) is 0 Å². The van der Waals surface area contributed by atoms with Gasteiger partial charge in [0.15, 0.2) is 0 Å². The topological polar surface area (TPSA) is 52.6 Å². The van der Waals surface area contributed by atoms with Crippen LogP contribution in [0.15, 0.2) is 17.2 Å². The lowest BCUT2D eigenvalue weighted by atomic mass is 9.78. The molecule has 4 nitrogen and oxygen atoms in total. The lowest BCUT2D eigenvalue weighted by Crippen LogP contribution is -2.27. The summed E-state index contributed by atoms with van der Waals surface area (Å²) in [6, 6.07) is 4.12. The summed E-state index contributed by atoms with van der Waals surface area (Å²) in [5.41, 5.74) is 2.60. The summed E-state index contributed by atoms with van der Waals surface area (Å²) in [5, 5.41) is 15.0. The van der Waals surface area contributed by atoms with Crippen LogP contribution in [0.1, 0.15) is 64.7 Å². The summed E-state index contributed by atoms with van der Waals surface area (Å²) < 4.78 is 0. The predicted octanol–water partition coefficient (Wildman–Crippen LogP) is 4.47. The molecule has 2 N–H and O–H groups in total. The van der Waals surface area contributed by atoms with Crippen molar-refractivity contribution in [2.75, 3.05) is 25.9 Å². The highest BCUT2D eigenvalue weighted by atomic mass is 32.2. The maximum Gasteiger partial charge on any atom is 0.237 e. The molecule has 0 atom stereocenters. The summed E-state index contributed by atoms with van der Waals surface area (Å²) in [6.07, 6.45) is 3.02. The summed E-state index contributed by atoms with van der Waals surface area (Å²) in [7, 11) is 1.93. The normalized spacial score (nSPS) is 17.2. The first kappa shape index (κ1) is 21.8. The Balaban J connectivity index is 2.48. The molecule has 2 rings (SSSR count). The average molecular weight is 391 g/mol. The third-order valence-corrected chi connectivity index (χ3v) is 5.78. The van der Waals surface area contributed by atoms with Crippen LogP contribution in [0.2, 0.25) is 0 Å². The maximum absolute atomic E-state index is 12.3. The summed E-state index contributed by atoms with van der Waals surface area (Å²) in [4.78, 5) is 14.2. The first-order chi connectivity index (χ1) is 12.4. The monoisotopic (exact) mass is 390 g/mol. The molecule has 0 aliphatic carbocycles. The summed E-state index contributed by atoms with van der Waals surface area (Å²) >= 11 is 1.60. The van der Waals surface area contributed by atoms with E-state index in [-0.39, 0.29) is 16.7 Å². The van der Waals surface area contributed by atoms with Gasteiger partial charge in [-0.05, 0) is 54.6 Å². The second-order valence-electron chi connectivity index (χ2n) is 9.24. The average Bonchev–Trinajstić information content (AvgIpc) is 2.87. The predicted molar refractivity (Wildman–Crippen MR) is 116 cm³/mol. The lowest BCUT2D eigenvalue weighted by Gasteiger charge is -2.28. The number of nitrogens with one attached hydrogen (secondary N) is 1. The van der Waals surface area contributed by atoms with Crippen LogP contribution in [0.3, 0.4) is 0 Å². The van der Waals surface area contributed by atoms with Crippen molar-refractivity contribution in [2.24, 2.45) is 0 Å². The lowest BCUT2D eigenvalue weighted by molar-refractivity contribution is -0.125. The number of rotatable bonds is 5. The first-order valence-corrected chi connectivity index (χ1v) is 10.6. The van der Waals surface area contributed by atoms with Gasteiger partial charge in [0.1, 0.15) is 5.75 Å². The minimum Gasteiger partial charge on any atom is -0.507 e. The molecular formula is C22H34N2O2S. The molecule has 1 amide bonds. The molecule has 0 saturated carbocycles. The maximum atomic E-state index is 12.3. The molecule has 150 valence electrons. The minimum absolute atomic E-state index is 0.163. The molecule has 1 aromatic carbocycles. The fourth-order valence-electron chi connectivity index (χ4n) is 3.21. The fraction of sp³-hybridized carbons (Fsp3) is 0.591. The van der Waals surface area contributed by atoms with Gasteiger partial charge in [0, 0.05) is 17.7 Å². The van der Waals surface area contributed by atoms with Gasteiger partial charge in [-0.2, -0.15) is 0 Å². The number of phenols is 1. The Bertz CT molecular complexity index is 692. The number of phenolic OH excluding ortho intramolecular Hbond substituents is 1. The Kier molecular flexibility index (Phi) is 6.69. The zero-order valence-electron chi connectivity index (χ0n) is 17.8. The SMILES string of the molecule is CNCCCN1C(=O)CSC1=Cc1cc(C(C)(C)C)c(O)c(C(C)(C)C)c1. The van der Waals surface area contributed by atoms with E-state index < -0.39 is 0 Å². The van der Waals surface area contributed by atoms with E-state index in [1.165, 1.54) is 0 Å². The number of hydrogen-bond acceptors (Lipinski definition) is 4. The van der Waals surface area contributed by atoms with Crippen molar-refractivity contribution >= 4 is 23.7 Å². The second kappa shape index (κ2) is 8.27. The van der Waals surface area contributed by atoms with Crippen molar-refractivity contribution in [1.29, 1.82) is 0 Å². The van der Waals surface area contributed by atoms with Gasteiger partial charge in [0.05, 0.1) is 10.8 Å². The molecule has 5 heteroatoms. The standard InChI is InChI=1S/C22H34N2O2S/c1-21(2,3)16-11-15(12-17(20(16)26)22(4,5)6)13-19-24(10-8-9-23-7)18(25)14-27-19/h11-13,23,26H,8-10,14H2,1-7H3. The Morgan fingerprint density at radius 2 is 1.70 bits per heavy atom. The zero-order valence-corrected chi connectivity index (χ0v) is 18.6. The molecule has 1 fully saturated rings. The quantitative estimate of drug-likeness (QED) is 0.728. The van der Waals surface area contributed by atoms with Crippen LogP contribution in [-0.2, 0) is 15.6 Å². The van der Waals surface area contributed by atoms with Crippen molar-refractivity contribution in [3.05, 3.63) is 33.9 Å². The number of hydrogen-bond donors (Lipinski definition) is 2. The van der Waals surface area contributed by atoms with Crippen molar-refractivity contribution in [3.63, 3.8) is 0 Å². The van der Waals surface area contributed by atoms with E-state index >= 15 is 0 Å². The largest absolute Gasteiger partial charge is 0.507 e. The highest BCUT2D eigenvalue weighted by Crippen LogP contribution is 2.41. The van der Waals surface area contributed by atoms with E-state index in [0.717, 1.165) is 41.2 Å². The first-order valence-electron chi connectivity index (χ1n) is 9.62. The Hall–Kier alpha value is -1.46. The van der Waals surface area contributed by atoms with Gasteiger partial charge >= 0.3 is 0 Å². The van der Waals surface area contributed by atoms with Crippen LogP contribution in [-0.4, -0.2) is 41.8 Å². The van der Waals surface area contributed by atoms with Crippen molar-refractivity contribution in [3.8, 4) is 5.75 Å². The molecule has 0 aromatic heterocycles. The molecule has 0 unspecified atom stereocenters. The summed E-state index contributed by atoms with van der Waals surface area (Å²) in [6.45, 7) is 14.3. The molecule has 0 spiro atoms. The van der Waals surface area contributed by atoms with Crippen LogP contribution in [0, 0.1) is 0 Å². The number of thioether (sulfide) groups is 1. The van der Waals surface area contributed by atoms with Crippen molar-refractivity contribution < 1.29 is 9.90 Å². The van der Waals surface area contributed by atoms with Gasteiger partial charge < -0.3 is 15.3 Å². The molecule has 1 saturated heterocycles. The molecular weight excluding hydrogens is 356 g/mol. The molecule has 1 aliphatic heterocycles. The van der Waals surface area contributed by atoms with Gasteiger partial charge in [-0.15, -0.1) is 0 Å². The van der Waals surface area contributed by atoms with Gasteiger partial charge in [0.2, 0.25) is 5.91 Å². The van der Waals surface area contributed by atoms with Gasteiger partial charge in [-0.3, -0.25) is 4.79 Å². The Labute approximate surface area is 168 Å². The van der Waals surface area contributed by atoms with Crippen molar-refractivity contribution in [2.45, 2.75) is 58.8 Å². The van der Waals surface area contributed by atoms with Crippen molar-refractivity contribution in [1.82, 2.24) is 10.2 Å². The van der Waals surface area contributed by atoms with E-state index in [9.17, 15) is 9.90 Å². The number of benzene rings is 1. The Morgan fingerprint density at radius 3 is 2.19 bits per heavy atom. The van der Waals surface area contributed by atoms with E-state index in [4.69, 9.17) is 0 Å². The Morgan fingerprint density at radius 1 is 1.15 bits per heavy atom. The van der Waals surface area contributed by atoms with Crippen LogP contribution in [0.5, 0.6) is 5.75 Å². The van der Waals surface area contributed by atoms with E-state index in [2.05, 4.69) is 65.1 Å². The highest BCUT2D eigenvalue weighted by molar-refractivity contribution is 8.04. The third kappa shape index (κ3) is 5.29. The van der Waals surface area contributed by atoms with Gasteiger partial charge in [0.25, 0.3) is 0 Å². The molecule has 27 heavy (non-hydrogen) atoms. The van der Waals surface area contributed by atoms with E-state index in [1.54, 1.807) is 11.8 Å². The molecule has 1 aromatic rings. The molecule has 0 bridgehead atoms. The van der Waals surface area contributed by atoms with Crippen LogP contribution < -0.4 is 5.32 Å². The number of aromatic hydroxyl groups is 1. The summed E-state index contributed by atoms with van der Waals surface area (Å²) in [5.74, 6) is 1.06. The number of nitrogens with zero attached hydrogens (tertiary/aromatic N) is 1. The van der Waals surface area contributed by atoms with E-state index in [0.29, 0.717) is 11.5 Å². The third-order valence-electron chi connectivity index (χ3n) is 4.76. The zero-order chi connectivity index (χ0) is 20.4. The number of amides is 1.